The highest BCUT2D eigenvalue weighted by Crippen LogP contribution is 2.13. The molecule has 0 saturated carbocycles. The molecular formula is C12H15N5. The van der Waals surface area contributed by atoms with Gasteiger partial charge in [-0.05, 0) is 25.5 Å². The van der Waals surface area contributed by atoms with Crippen molar-refractivity contribution in [1.82, 2.24) is 15.0 Å². The highest BCUT2D eigenvalue weighted by molar-refractivity contribution is 5.50. The number of nitrogens with one attached hydrogen (secondary N) is 1. The predicted octanol–water partition coefficient (Wildman–Crippen LogP) is 1.68. The topological polar surface area (TPSA) is 76.7 Å². The van der Waals surface area contributed by atoms with E-state index in [1.807, 2.05) is 19.9 Å². The molecule has 0 fully saturated rings. The largest absolute Gasteiger partial charge is 0.397 e. The van der Waals surface area contributed by atoms with Crippen molar-refractivity contribution in [2.24, 2.45) is 0 Å². The molecule has 2 aromatic rings. The Morgan fingerprint density at radius 3 is 2.59 bits per heavy atom. The number of hydrogen-bond acceptors (Lipinski definition) is 5. The van der Waals surface area contributed by atoms with Crippen LogP contribution in [0.25, 0.3) is 0 Å². The van der Waals surface area contributed by atoms with Gasteiger partial charge in [0, 0.05) is 6.20 Å². The summed E-state index contributed by atoms with van der Waals surface area (Å²) in [6, 6.07) is 1.91. The number of aryl methyl sites for hydroxylation is 2. The molecule has 0 saturated heterocycles. The Bertz CT molecular complexity index is 507. The molecule has 5 heteroatoms. The Morgan fingerprint density at radius 1 is 1.12 bits per heavy atom. The van der Waals surface area contributed by atoms with Gasteiger partial charge in [-0.25, -0.2) is 4.98 Å². The van der Waals surface area contributed by atoms with E-state index in [9.17, 15) is 0 Å². The number of aromatic nitrogens is 3. The minimum atomic E-state index is 0.601. The summed E-state index contributed by atoms with van der Waals surface area (Å²) in [7, 11) is 0. The number of rotatable bonds is 3. The van der Waals surface area contributed by atoms with Crippen LogP contribution < -0.4 is 11.1 Å². The minimum Gasteiger partial charge on any atom is -0.397 e. The van der Waals surface area contributed by atoms with E-state index in [2.05, 4.69) is 20.3 Å². The lowest BCUT2D eigenvalue weighted by atomic mass is 10.2. The monoisotopic (exact) mass is 229 g/mol. The van der Waals surface area contributed by atoms with Gasteiger partial charge in [0.25, 0.3) is 0 Å². The molecule has 0 bridgehead atoms. The number of pyridine rings is 1. The van der Waals surface area contributed by atoms with Crippen LogP contribution in [0.5, 0.6) is 0 Å². The van der Waals surface area contributed by atoms with Crippen LogP contribution >= 0.6 is 0 Å². The van der Waals surface area contributed by atoms with Crippen molar-refractivity contribution >= 4 is 11.5 Å². The molecule has 0 unspecified atom stereocenters. The first-order valence-corrected chi connectivity index (χ1v) is 5.38. The summed E-state index contributed by atoms with van der Waals surface area (Å²) in [6.07, 6.45) is 5.16. The normalized spacial score (nSPS) is 10.2. The SMILES string of the molecule is Cc1cnc(CNc2cc(C)c(N)cn2)cn1. The number of anilines is 2. The lowest BCUT2D eigenvalue weighted by Gasteiger charge is -2.07. The van der Waals surface area contributed by atoms with Crippen LogP contribution in [0, 0.1) is 13.8 Å². The van der Waals surface area contributed by atoms with Crippen molar-refractivity contribution in [3.63, 3.8) is 0 Å². The quantitative estimate of drug-likeness (QED) is 0.837. The summed E-state index contributed by atoms with van der Waals surface area (Å²) in [4.78, 5) is 12.6. The van der Waals surface area contributed by atoms with Crippen molar-refractivity contribution in [1.29, 1.82) is 0 Å². The van der Waals surface area contributed by atoms with E-state index >= 15 is 0 Å². The Morgan fingerprint density at radius 2 is 1.94 bits per heavy atom. The van der Waals surface area contributed by atoms with E-state index in [4.69, 9.17) is 5.73 Å². The van der Waals surface area contributed by atoms with Crippen molar-refractivity contribution in [2.45, 2.75) is 20.4 Å². The Hall–Kier alpha value is -2.17. The molecule has 0 aromatic carbocycles. The average Bonchev–Trinajstić information content (AvgIpc) is 2.33. The fraction of sp³-hybridized carbons (Fsp3) is 0.250. The van der Waals surface area contributed by atoms with E-state index in [0.717, 1.165) is 22.8 Å². The molecule has 0 aliphatic carbocycles. The maximum absolute atomic E-state index is 5.70. The van der Waals surface area contributed by atoms with Gasteiger partial charge in [-0.15, -0.1) is 0 Å². The molecule has 0 spiro atoms. The number of nitrogens with two attached hydrogens (primary N) is 1. The summed E-state index contributed by atoms with van der Waals surface area (Å²) >= 11 is 0. The predicted molar refractivity (Wildman–Crippen MR) is 67.5 cm³/mol. The van der Waals surface area contributed by atoms with Crippen LogP contribution in [0.3, 0.4) is 0 Å². The smallest absolute Gasteiger partial charge is 0.126 e. The van der Waals surface area contributed by atoms with Gasteiger partial charge in [-0.1, -0.05) is 0 Å². The van der Waals surface area contributed by atoms with Crippen LogP contribution in [0.4, 0.5) is 11.5 Å². The van der Waals surface area contributed by atoms with Gasteiger partial charge in [0.1, 0.15) is 5.82 Å². The van der Waals surface area contributed by atoms with Gasteiger partial charge < -0.3 is 11.1 Å². The van der Waals surface area contributed by atoms with Gasteiger partial charge in [-0.2, -0.15) is 0 Å². The molecule has 0 aliphatic heterocycles. The molecule has 0 aliphatic rings. The highest BCUT2D eigenvalue weighted by Gasteiger charge is 1.99. The maximum Gasteiger partial charge on any atom is 0.126 e. The van der Waals surface area contributed by atoms with Gasteiger partial charge in [0.2, 0.25) is 0 Å². The summed E-state index contributed by atoms with van der Waals surface area (Å²) in [5.41, 5.74) is 9.20. The first kappa shape index (κ1) is 11.3. The van der Waals surface area contributed by atoms with E-state index in [0.29, 0.717) is 12.2 Å². The molecule has 0 amide bonds. The second-order valence-electron chi connectivity index (χ2n) is 3.93. The first-order chi connectivity index (χ1) is 8.15. The zero-order valence-corrected chi connectivity index (χ0v) is 9.94. The van der Waals surface area contributed by atoms with Crippen molar-refractivity contribution < 1.29 is 0 Å². The molecule has 0 radical (unpaired) electrons. The van der Waals surface area contributed by atoms with Gasteiger partial charge in [0.15, 0.2) is 0 Å². The maximum atomic E-state index is 5.70. The second kappa shape index (κ2) is 4.78. The zero-order chi connectivity index (χ0) is 12.3. The van der Waals surface area contributed by atoms with E-state index < -0.39 is 0 Å². The third kappa shape index (κ3) is 2.90. The minimum absolute atomic E-state index is 0.601. The number of nitrogens with zero attached hydrogens (tertiary/aromatic N) is 3. The van der Waals surface area contributed by atoms with Gasteiger partial charge in [0.05, 0.1) is 36.0 Å². The van der Waals surface area contributed by atoms with E-state index in [1.165, 1.54) is 0 Å². The summed E-state index contributed by atoms with van der Waals surface area (Å²) < 4.78 is 0. The Kier molecular flexibility index (Phi) is 3.18. The van der Waals surface area contributed by atoms with Gasteiger partial charge in [-0.3, -0.25) is 9.97 Å². The van der Waals surface area contributed by atoms with Crippen molar-refractivity contribution in [3.05, 3.63) is 41.6 Å². The fourth-order valence-electron chi connectivity index (χ4n) is 1.35. The molecule has 3 N–H and O–H groups in total. The molecule has 0 atom stereocenters. The van der Waals surface area contributed by atoms with Crippen LogP contribution in [0.1, 0.15) is 17.0 Å². The third-order valence-corrected chi connectivity index (χ3v) is 2.44. The number of nitrogen functional groups attached to an aromatic ring is 1. The van der Waals surface area contributed by atoms with Crippen LogP contribution in [-0.4, -0.2) is 15.0 Å². The molecule has 88 valence electrons. The highest BCUT2D eigenvalue weighted by atomic mass is 15.0. The first-order valence-electron chi connectivity index (χ1n) is 5.38. The van der Waals surface area contributed by atoms with Crippen LogP contribution in [0.15, 0.2) is 24.7 Å². The van der Waals surface area contributed by atoms with Crippen molar-refractivity contribution in [2.75, 3.05) is 11.1 Å². The number of hydrogen-bond donors (Lipinski definition) is 2. The molecular weight excluding hydrogens is 214 g/mol. The van der Waals surface area contributed by atoms with Crippen molar-refractivity contribution in [3.8, 4) is 0 Å². The van der Waals surface area contributed by atoms with Gasteiger partial charge >= 0.3 is 0 Å². The summed E-state index contributed by atoms with van der Waals surface area (Å²) in [6.45, 7) is 4.46. The van der Waals surface area contributed by atoms with Crippen LogP contribution in [-0.2, 0) is 6.54 Å². The molecule has 2 heterocycles. The third-order valence-electron chi connectivity index (χ3n) is 2.44. The zero-order valence-electron chi connectivity index (χ0n) is 9.94. The molecule has 5 nitrogen and oxygen atoms in total. The second-order valence-corrected chi connectivity index (χ2v) is 3.93. The Balaban J connectivity index is 2.02. The molecule has 2 aromatic heterocycles. The lowest BCUT2D eigenvalue weighted by Crippen LogP contribution is -2.04. The summed E-state index contributed by atoms with van der Waals surface area (Å²) in [5, 5.41) is 3.18. The molecule has 2 rings (SSSR count). The van der Waals surface area contributed by atoms with E-state index in [1.54, 1.807) is 18.6 Å². The lowest BCUT2D eigenvalue weighted by molar-refractivity contribution is 0.976. The van der Waals surface area contributed by atoms with Crippen LogP contribution in [0.2, 0.25) is 0 Å². The average molecular weight is 229 g/mol. The molecule has 17 heavy (non-hydrogen) atoms. The Labute approximate surface area is 100 Å². The summed E-state index contributed by atoms with van der Waals surface area (Å²) in [5.74, 6) is 0.791. The fourth-order valence-corrected chi connectivity index (χ4v) is 1.35. The standard InChI is InChI=1S/C12H15N5/c1-8-3-12(17-7-11(8)13)16-6-10-5-14-9(2)4-15-10/h3-5,7H,6,13H2,1-2H3,(H,16,17). The van der Waals surface area contributed by atoms with E-state index in [-0.39, 0.29) is 0 Å².